The van der Waals surface area contributed by atoms with Gasteiger partial charge in [-0.1, -0.05) is 41.9 Å². The van der Waals surface area contributed by atoms with Crippen LogP contribution in [-0.2, 0) is 0 Å². The maximum atomic E-state index is 6.30. The van der Waals surface area contributed by atoms with Gasteiger partial charge in [-0.15, -0.1) is 0 Å². The molecule has 0 spiro atoms. The third kappa shape index (κ3) is 2.47. The van der Waals surface area contributed by atoms with Crippen molar-refractivity contribution in [2.24, 2.45) is 0 Å². The molecular formula is C15H14ClN3O. The smallest absolute Gasteiger partial charge is 0.296 e. The predicted octanol–water partition coefficient (Wildman–Crippen LogP) is 4.07. The number of H-pyrrole nitrogens is 1. The lowest BCUT2D eigenvalue weighted by Crippen LogP contribution is -2.06. The normalized spacial score (nSPS) is 11.2. The number of ether oxygens (including phenoxy) is 1. The molecule has 0 radical (unpaired) electrons. The van der Waals surface area contributed by atoms with E-state index in [0.717, 1.165) is 16.8 Å². The van der Waals surface area contributed by atoms with Gasteiger partial charge in [0.2, 0.25) is 0 Å². The molecule has 20 heavy (non-hydrogen) atoms. The molecule has 0 atom stereocenters. The van der Waals surface area contributed by atoms with Gasteiger partial charge in [-0.25, -0.2) is 4.98 Å². The lowest BCUT2D eigenvalue weighted by atomic mass is 10.1. The van der Waals surface area contributed by atoms with Gasteiger partial charge in [0.05, 0.1) is 22.3 Å². The minimum Gasteiger partial charge on any atom is -0.462 e. The highest BCUT2D eigenvalue weighted by Crippen LogP contribution is 2.29. The Bertz CT molecular complexity index is 737. The summed E-state index contributed by atoms with van der Waals surface area (Å²) in [6, 6.07) is 12.1. The van der Waals surface area contributed by atoms with Crippen molar-refractivity contribution in [3.05, 3.63) is 41.4 Å². The van der Waals surface area contributed by atoms with Crippen molar-refractivity contribution >= 4 is 22.8 Å². The largest absolute Gasteiger partial charge is 0.462 e. The van der Waals surface area contributed by atoms with Crippen LogP contribution in [0.3, 0.4) is 0 Å². The number of benzene rings is 1. The summed E-state index contributed by atoms with van der Waals surface area (Å²) in [5, 5.41) is 0.587. The van der Waals surface area contributed by atoms with Gasteiger partial charge in [0.15, 0.2) is 5.65 Å². The first-order valence-electron chi connectivity index (χ1n) is 6.42. The fourth-order valence-corrected chi connectivity index (χ4v) is 2.23. The Morgan fingerprint density at radius 2 is 1.90 bits per heavy atom. The second-order valence-electron chi connectivity index (χ2n) is 4.76. The van der Waals surface area contributed by atoms with Gasteiger partial charge in [-0.2, -0.15) is 4.98 Å². The summed E-state index contributed by atoms with van der Waals surface area (Å²) >= 11 is 6.30. The zero-order chi connectivity index (χ0) is 14.1. The lowest BCUT2D eigenvalue weighted by Gasteiger charge is -2.03. The summed E-state index contributed by atoms with van der Waals surface area (Å²) in [5.41, 5.74) is 3.06. The molecule has 0 amide bonds. The van der Waals surface area contributed by atoms with Crippen molar-refractivity contribution in [2.45, 2.75) is 20.0 Å². The van der Waals surface area contributed by atoms with Crippen molar-refractivity contribution in [2.75, 3.05) is 0 Å². The van der Waals surface area contributed by atoms with Gasteiger partial charge in [0, 0.05) is 5.56 Å². The number of nitrogens with zero attached hydrogens (tertiary/aromatic N) is 2. The van der Waals surface area contributed by atoms with Crippen LogP contribution in [0.25, 0.3) is 22.4 Å². The standard InChI is InChI=1S/C15H14ClN3O/c1-9(2)20-15-17-12-8-11(16)13(18-14(12)19-15)10-6-4-3-5-7-10/h3-9H,1-2H3,(H,17,18,19). The number of imidazole rings is 1. The molecule has 0 fully saturated rings. The van der Waals surface area contributed by atoms with Crippen LogP contribution in [0.4, 0.5) is 0 Å². The Morgan fingerprint density at radius 1 is 1.15 bits per heavy atom. The summed E-state index contributed by atoms with van der Waals surface area (Å²) in [4.78, 5) is 11.9. The minimum absolute atomic E-state index is 0.0552. The highest BCUT2D eigenvalue weighted by Gasteiger charge is 2.12. The van der Waals surface area contributed by atoms with E-state index in [1.54, 1.807) is 0 Å². The quantitative estimate of drug-likeness (QED) is 0.790. The first kappa shape index (κ1) is 12.9. The van der Waals surface area contributed by atoms with Crippen LogP contribution < -0.4 is 4.74 Å². The number of pyridine rings is 1. The van der Waals surface area contributed by atoms with Crippen LogP contribution in [0.2, 0.25) is 5.02 Å². The fraction of sp³-hybridized carbons (Fsp3) is 0.200. The molecule has 5 heteroatoms. The van der Waals surface area contributed by atoms with Crippen LogP contribution in [0, 0.1) is 0 Å². The Morgan fingerprint density at radius 3 is 2.60 bits per heavy atom. The molecule has 3 rings (SSSR count). The second-order valence-corrected chi connectivity index (χ2v) is 5.17. The van der Waals surface area contributed by atoms with Crippen molar-refractivity contribution in [3.8, 4) is 17.3 Å². The number of aromatic amines is 1. The van der Waals surface area contributed by atoms with Crippen LogP contribution in [-0.4, -0.2) is 21.1 Å². The molecule has 0 bridgehead atoms. The van der Waals surface area contributed by atoms with E-state index in [0.29, 0.717) is 16.7 Å². The number of fused-ring (bicyclic) bond motifs is 1. The van der Waals surface area contributed by atoms with Crippen molar-refractivity contribution in [1.29, 1.82) is 0 Å². The summed E-state index contributed by atoms with van der Waals surface area (Å²) in [5.74, 6) is 0. The molecule has 1 N–H and O–H groups in total. The van der Waals surface area contributed by atoms with Crippen molar-refractivity contribution < 1.29 is 4.74 Å². The van der Waals surface area contributed by atoms with E-state index in [4.69, 9.17) is 16.3 Å². The first-order valence-corrected chi connectivity index (χ1v) is 6.79. The van der Waals surface area contributed by atoms with E-state index in [9.17, 15) is 0 Å². The molecule has 2 aromatic heterocycles. The molecule has 0 aliphatic carbocycles. The summed E-state index contributed by atoms with van der Waals surface area (Å²) < 4.78 is 5.53. The maximum Gasteiger partial charge on any atom is 0.296 e. The molecule has 1 aromatic carbocycles. The van der Waals surface area contributed by atoms with Gasteiger partial charge in [-0.05, 0) is 19.9 Å². The lowest BCUT2D eigenvalue weighted by molar-refractivity contribution is 0.225. The van der Waals surface area contributed by atoms with Crippen LogP contribution >= 0.6 is 11.6 Å². The van der Waals surface area contributed by atoms with Gasteiger partial charge in [0.1, 0.15) is 0 Å². The third-order valence-corrected chi connectivity index (χ3v) is 3.09. The highest BCUT2D eigenvalue weighted by molar-refractivity contribution is 6.33. The van der Waals surface area contributed by atoms with E-state index in [1.807, 2.05) is 50.2 Å². The van der Waals surface area contributed by atoms with Crippen molar-refractivity contribution in [3.63, 3.8) is 0 Å². The predicted molar refractivity (Wildman–Crippen MR) is 80.1 cm³/mol. The van der Waals surface area contributed by atoms with Gasteiger partial charge < -0.3 is 9.72 Å². The fourth-order valence-electron chi connectivity index (χ4n) is 1.97. The topological polar surface area (TPSA) is 50.8 Å². The average molecular weight is 288 g/mol. The van der Waals surface area contributed by atoms with Crippen LogP contribution in [0.5, 0.6) is 6.01 Å². The number of aromatic nitrogens is 3. The molecule has 0 unspecified atom stereocenters. The molecule has 0 aliphatic heterocycles. The summed E-state index contributed by atoms with van der Waals surface area (Å²) in [6.07, 6.45) is 0.0552. The van der Waals surface area contributed by atoms with Crippen molar-refractivity contribution in [1.82, 2.24) is 15.0 Å². The maximum absolute atomic E-state index is 6.30. The van der Waals surface area contributed by atoms with E-state index < -0.39 is 0 Å². The number of nitrogens with one attached hydrogen (secondary N) is 1. The van der Waals surface area contributed by atoms with E-state index >= 15 is 0 Å². The molecule has 0 saturated carbocycles. The minimum atomic E-state index is 0.0552. The highest BCUT2D eigenvalue weighted by atomic mass is 35.5. The molecule has 4 nitrogen and oxygen atoms in total. The zero-order valence-electron chi connectivity index (χ0n) is 11.2. The van der Waals surface area contributed by atoms with Crippen LogP contribution in [0.15, 0.2) is 36.4 Å². The molecule has 0 aliphatic rings. The summed E-state index contributed by atoms with van der Waals surface area (Å²) in [6.45, 7) is 3.89. The zero-order valence-corrected chi connectivity index (χ0v) is 12.0. The Balaban J connectivity index is 2.09. The molecular weight excluding hydrogens is 274 g/mol. The number of rotatable bonds is 3. The number of hydrogen-bond donors (Lipinski definition) is 1. The van der Waals surface area contributed by atoms with Gasteiger partial charge >= 0.3 is 0 Å². The van der Waals surface area contributed by atoms with E-state index in [2.05, 4.69) is 15.0 Å². The third-order valence-electron chi connectivity index (χ3n) is 2.80. The number of hydrogen-bond acceptors (Lipinski definition) is 3. The second kappa shape index (κ2) is 5.13. The molecule has 0 saturated heterocycles. The van der Waals surface area contributed by atoms with Gasteiger partial charge in [-0.3, -0.25) is 0 Å². The number of halogens is 1. The molecule has 2 heterocycles. The Labute approximate surface area is 121 Å². The first-order chi connectivity index (χ1) is 9.63. The molecule has 3 aromatic rings. The van der Waals surface area contributed by atoms with E-state index in [-0.39, 0.29) is 6.10 Å². The van der Waals surface area contributed by atoms with Gasteiger partial charge in [0.25, 0.3) is 6.01 Å². The Kier molecular flexibility index (Phi) is 3.32. The van der Waals surface area contributed by atoms with E-state index in [1.165, 1.54) is 0 Å². The Hall–Kier alpha value is -2.07. The average Bonchev–Trinajstić information content (AvgIpc) is 2.79. The van der Waals surface area contributed by atoms with Crippen LogP contribution in [0.1, 0.15) is 13.8 Å². The molecule has 102 valence electrons. The monoisotopic (exact) mass is 287 g/mol. The summed E-state index contributed by atoms with van der Waals surface area (Å²) in [7, 11) is 0. The SMILES string of the molecule is CC(C)Oc1nc2nc(-c3ccccc3)c(Cl)cc2[nH]1.